The number of hydrogen-bond donors (Lipinski definition) is 0. The van der Waals surface area contributed by atoms with Crippen molar-refractivity contribution in [3.05, 3.63) is 60.6 Å². The molecule has 0 saturated carbocycles. The molecule has 7 heteroatoms. The van der Waals surface area contributed by atoms with E-state index in [1.165, 1.54) is 30.5 Å². The maximum absolute atomic E-state index is 14.5. The largest absolute Gasteiger partial charge is 0.434 e. The molecule has 0 amide bonds. The molecule has 5 nitrogen and oxygen atoms in total. The lowest BCUT2D eigenvalue weighted by atomic mass is 10.3. The van der Waals surface area contributed by atoms with Gasteiger partial charge in [0.05, 0.1) is 11.9 Å². The van der Waals surface area contributed by atoms with Crippen LogP contribution in [0.5, 0.6) is 0 Å². The molecule has 0 aliphatic carbocycles. The summed E-state index contributed by atoms with van der Waals surface area (Å²) in [6.45, 7) is 0. The zero-order valence-electron chi connectivity index (χ0n) is 11.1. The number of pyridine rings is 1. The minimum Gasteiger partial charge on any atom is -0.434 e. The lowest BCUT2D eigenvalue weighted by Gasteiger charge is -2.01. The van der Waals surface area contributed by atoms with Crippen LogP contribution in [0.15, 0.2) is 53.2 Å². The van der Waals surface area contributed by atoms with E-state index < -0.39 is 11.8 Å². The first-order valence-electron chi connectivity index (χ1n) is 6.44. The van der Waals surface area contributed by atoms with Crippen molar-refractivity contribution in [1.29, 1.82) is 0 Å². The minimum atomic E-state index is -0.641. The fraction of sp³-hybridized carbons (Fsp3) is 0. The smallest absolute Gasteiger partial charge is 0.235 e. The van der Waals surface area contributed by atoms with Gasteiger partial charge >= 0.3 is 0 Å². The first-order chi connectivity index (χ1) is 10.7. The molecule has 1 aromatic carbocycles. The third kappa shape index (κ3) is 1.95. The van der Waals surface area contributed by atoms with E-state index in [1.54, 1.807) is 18.3 Å². The van der Waals surface area contributed by atoms with Gasteiger partial charge in [-0.1, -0.05) is 0 Å². The zero-order chi connectivity index (χ0) is 15.1. The standard InChI is InChI=1S/C15H8F2N4O/c16-9-3-5-10(6-4-9)21-13(17)11(8-19-21)15-20-14-12(22-15)2-1-7-18-14/h1-8H. The Morgan fingerprint density at radius 1 is 1.05 bits per heavy atom. The van der Waals surface area contributed by atoms with Gasteiger partial charge in [-0.15, -0.1) is 0 Å². The second-order valence-electron chi connectivity index (χ2n) is 4.58. The van der Waals surface area contributed by atoms with Gasteiger partial charge in [-0.2, -0.15) is 14.5 Å². The summed E-state index contributed by atoms with van der Waals surface area (Å²) in [6.07, 6.45) is 2.89. The van der Waals surface area contributed by atoms with E-state index in [0.29, 0.717) is 16.9 Å². The van der Waals surface area contributed by atoms with Crippen LogP contribution in [0.4, 0.5) is 8.78 Å². The maximum Gasteiger partial charge on any atom is 0.235 e. The molecule has 4 rings (SSSR count). The highest BCUT2D eigenvalue weighted by atomic mass is 19.1. The molecule has 0 aliphatic heterocycles. The van der Waals surface area contributed by atoms with Crippen LogP contribution < -0.4 is 0 Å². The molecule has 0 bridgehead atoms. The average molecular weight is 298 g/mol. The van der Waals surface area contributed by atoms with Gasteiger partial charge in [-0.3, -0.25) is 0 Å². The molecule has 3 aromatic heterocycles. The number of aromatic nitrogens is 4. The van der Waals surface area contributed by atoms with E-state index in [2.05, 4.69) is 15.1 Å². The Hall–Kier alpha value is -3.09. The maximum atomic E-state index is 14.5. The van der Waals surface area contributed by atoms with Crippen molar-refractivity contribution >= 4 is 11.2 Å². The van der Waals surface area contributed by atoms with Gasteiger partial charge in [0, 0.05) is 6.20 Å². The van der Waals surface area contributed by atoms with Crippen LogP contribution in [-0.2, 0) is 0 Å². The molecule has 0 aliphatic rings. The summed E-state index contributed by atoms with van der Waals surface area (Å²) < 4.78 is 34.0. The Morgan fingerprint density at radius 2 is 1.86 bits per heavy atom. The number of benzene rings is 1. The third-order valence-electron chi connectivity index (χ3n) is 3.18. The van der Waals surface area contributed by atoms with Gasteiger partial charge in [0.2, 0.25) is 11.8 Å². The normalized spacial score (nSPS) is 11.2. The molecular formula is C15H8F2N4O. The molecule has 0 spiro atoms. The van der Waals surface area contributed by atoms with Gasteiger partial charge in [0.1, 0.15) is 11.4 Å². The topological polar surface area (TPSA) is 56.7 Å². The van der Waals surface area contributed by atoms with Crippen LogP contribution in [0.3, 0.4) is 0 Å². The Morgan fingerprint density at radius 3 is 2.64 bits per heavy atom. The fourth-order valence-corrected chi connectivity index (χ4v) is 2.12. The highest BCUT2D eigenvalue weighted by Crippen LogP contribution is 2.26. The minimum absolute atomic E-state index is 0.0968. The highest BCUT2D eigenvalue weighted by molar-refractivity contribution is 5.71. The Kier molecular flexibility index (Phi) is 2.72. The van der Waals surface area contributed by atoms with Crippen molar-refractivity contribution in [3.63, 3.8) is 0 Å². The number of nitrogens with zero attached hydrogens (tertiary/aromatic N) is 4. The van der Waals surface area contributed by atoms with E-state index in [-0.39, 0.29) is 11.5 Å². The highest BCUT2D eigenvalue weighted by Gasteiger charge is 2.19. The van der Waals surface area contributed by atoms with Crippen molar-refractivity contribution in [2.45, 2.75) is 0 Å². The number of oxazole rings is 1. The first kappa shape index (κ1) is 12.6. The van der Waals surface area contributed by atoms with Crippen molar-refractivity contribution in [2.24, 2.45) is 0 Å². The van der Waals surface area contributed by atoms with E-state index in [9.17, 15) is 8.78 Å². The zero-order valence-corrected chi connectivity index (χ0v) is 11.1. The molecule has 0 atom stereocenters. The Balaban J connectivity index is 1.82. The van der Waals surface area contributed by atoms with Gasteiger partial charge in [0.15, 0.2) is 11.2 Å². The van der Waals surface area contributed by atoms with Crippen LogP contribution in [0, 0.1) is 11.8 Å². The molecule has 3 heterocycles. The Labute approximate surface area is 122 Å². The van der Waals surface area contributed by atoms with E-state index in [0.717, 1.165) is 4.68 Å². The number of hydrogen-bond acceptors (Lipinski definition) is 4. The summed E-state index contributed by atoms with van der Waals surface area (Å²) in [6, 6.07) is 8.74. The SMILES string of the molecule is Fc1ccc(-n2ncc(-c3nc4ncccc4o3)c2F)cc1. The second-order valence-corrected chi connectivity index (χ2v) is 4.58. The van der Waals surface area contributed by atoms with E-state index >= 15 is 0 Å². The monoisotopic (exact) mass is 298 g/mol. The summed E-state index contributed by atoms with van der Waals surface area (Å²) in [4.78, 5) is 8.17. The molecule has 0 saturated heterocycles. The summed E-state index contributed by atoms with van der Waals surface area (Å²) in [5, 5.41) is 3.96. The molecule has 0 fully saturated rings. The van der Waals surface area contributed by atoms with Gasteiger partial charge in [-0.05, 0) is 36.4 Å². The average Bonchev–Trinajstić information content (AvgIpc) is 3.11. The van der Waals surface area contributed by atoms with Gasteiger partial charge in [-0.25, -0.2) is 14.1 Å². The molecule has 0 unspecified atom stereocenters. The molecular weight excluding hydrogens is 290 g/mol. The van der Waals surface area contributed by atoms with Crippen molar-refractivity contribution in [2.75, 3.05) is 0 Å². The summed E-state index contributed by atoms with van der Waals surface area (Å²) in [5.74, 6) is -0.945. The molecule has 0 N–H and O–H groups in total. The number of fused-ring (bicyclic) bond motifs is 1. The van der Waals surface area contributed by atoms with Crippen LogP contribution in [0.2, 0.25) is 0 Å². The van der Waals surface area contributed by atoms with E-state index in [4.69, 9.17) is 4.42 Å². The van der Waals surface area contributed by atoms with Gasteiger partial charge in [0.25, 0.3) is 0 Å². The quantitative estimate of drug-likeness (QED) is 0.569. The van der Waals surface area contributed by atoms with Crippen LogP contribution in [0.25, 0.3) is 28.4 Å². The lowest BCUT2D eigenvalue weighted by Crippen LogP contribution is -1.99. The van der Waals surface area contributed by atoms with Crippen LogP contribution in [-0.4, -0.2) is 19.7 Å². The predicted octanol–water partition coefficient (Wildman–Crippen LogP) is 3.35. The summed E-state index contributed by atoms with van der Waals surface area (Å²) >= 11 is 0. The molecule has 22 heavy (non-hydrogen) atoms. The van der Waals surface area contributed by atoms with Crippen LogP contribution >= 0.6 is 0 Å². The van der Waals surface area contributed by atoms with Crippen molar-refractivity contribution < 1.29 is 13.2 Å². The molecule has 108 valence electrons. The fourth-order valence-electron chi connectivity index (χ4n) is 2.12. The number of halogens is 2. The molecule has 0 radical (unpaired) electrons. The van der Waals surface area contributed by atoms with Gasteiger partial charge < -0.3 is 4.42 Å². The predicted molar refractivity (Wildman–Crippen MR) is 74.3 cm³/mol. The Bertz CT molecular complexity index is 926. The second kappa shape index (κ2) is 4.73. The first-order valence-corrected chi connectivity index (χ1v) is 6.44. The van der Waals surface area contributed by atoms with Crippen LogP contribution in [0.1, 0.15) is 0 Å². The summed E-state index contributed by atoms with van der Waals surface area (Å²) in [7, 11) is 0. The van der Waals surface area contributed by atoms with E-state index in [1.807, 2.05) is 0 Å². The third-order valence-corrected chi connectivity index (χ3v) is 3.18. The lowest BCUT2D eigenvalue weighted by molar-refractivity contribution is 0.531. The number of rotatable bonds is 2. The summed E-state index contributed by atoms with van der Waals surface area (Å²) in [5.41, 5.74) is 1.37. The van der Waals surface area contributed by atoms with Crippen molar-refractivity contribution in [1.82, 2.24) is 19.7 Å². The molecule has 4 aromatic rings. The van der Waals surface area contributed by atoms with Crippen molar-refractivity contribution in [3.8, 4) is 17.1 Å².